The molecular formula is C18H26N2. The molecule has 0 atom stereocenters. The standard InChI is InChI=1S/C18H26N2/c1-14(2)8-10-20-11-9-16-7-6-15(12-17(16)20)13-19-18(3,4)5/h6-7,9,11-12,19H,1,8,10,13H2,2-5H3. The fourth-order valence-corrected chi connectivity index (χ4v) is 2.21. The van der Waals surface area contributed by atoms with Gasteiger partial charge in [0, 0.05) is 30.3 Å². The van der Waals surface area contributed by atoms with Crippen LogP contribution in [0.15, 0.2) is 42.6 Å². The number of nitrogens with one attached hydrogen (secondary N) is 1. The average Bonchev–Trinajstić information content (AvgIpc) is 2.75. The van der Waals surface area contributed by atoms with Crippen LogP contribution in [0.3, 0.4) is 0 Å². The highest BCUT2D eigenvalue weighted by atomic mass is 15.0. The zero-order valence-corrected chi connectivity index (χ0v) is 13.2. The number of benzene rings is 1. The minimum absolute atomic E-state index is 0.150. The lowest BCUT2D eigenvalue weighted by molar-refractivity contribution is 0.424. The summed E-state index contributed by atoms with van der Waals surface area (Å²) in [6, 6.07) is 8.91. The Balaban J connectivity index is 2.18. The third-order valence-corrected chi connectivity index (χ3v) is 3.44. The summed E-state index contributed by atoms with van der Waals surface area (Å²) in [5, 5.41) is 4.85. The van der Waals surface area contributed by atoms with Crippen LogP contribution in [0.25, 0.3) is 10.9 Å². The van der Waals surface area contributed by atoms with Crippen molar-refractivity contribution in [1.82, 2.24) is 9.88 Å². The fraction of sp³-hybridized carbons (Fsp3) is 0.444. The Hall–Kier alpha value is -1.54. The van der Waals surface area contributed by atoms with Gasteiger partial charge in [0.15, 0.2) is 0 Å². The largest absolute Gasteiger partial charge is 0.347 e. The molecule has 108 valence electrons. The van der Waals surface area contributed by atoms with Crippen LogP contribution in [0.2, 0.25) is 0 Å². The van der Waals surface area contributed by atoms with Gasteiger partial charge in [0.05, 0.1) is 0 Å². The minimum atomic E-state index is 0.150. The second-order valence-electron chi connectivity index (χ2n) is 6.71. The number of aromatic nitrogens is 1. The van der Waals surface area contributed by atoms with Crippen LogP contribution in [0, 0.1) is 0 Å². The molecule has 1 aromatic carbocycles. The van der Waals surface area contributed by atoms with Crippen LogP contribution < -0.4 is 5.32 Å². The zero-order valence-electron chi connectivity index (χ0n) is 13.2. The molecular weight excluding hydrogens is 244 g/mol. The molecule has 2 heteroatoms. The summed E-state index contributed by atoms with van der Waals surface area (Å²) < 4.78 is 2.32. The third kappa shape index (κ3) is 3.97. The van der Waals surface area contributed by atoms with E-state index in [2.05, 4.69) is 74.6 Å². The Morgan fingerprint density at radius 2 is 2.00 bits per heavy atom. The maximum absolute atomic E-state index is 3.99. The molecule has 0 aliphatic heterocycles. The van der Waals surface area contributed by atoms with E-state index in [1.165, 1.54) is 22.0 Å². The molecule has 0 saturated carbocycles. The molecule has 0 fully saturated rings. The van der Waals surface area contributed by atoms with E-state index in [-0.39, 0.29) is 5.54 Å². The highest BCUT2D eigenvalue weighted by Crippen LogP contribution is 2.19. The summed E-state index contributed by atoms with van der Waals surface area (Å²) in [4.78, 5) is 0. The maximum atomic E-state index is 3.99. The molecule has 2 rings (SSSR count). The Bertz CT molecular complexity index is 599. The summed E-state index contributed by atoms with van der Waals surface area (Å²) in [6.45, 7) is 14.6. The molecule has 20 heavy (non-hydrogen) atoms. The van der Waals surface area contributed by atoms with E-state index in [0.717, 1.165) is 19.5 Å². The van der Waals surface area contributed by atoms with Crippen molar-refractivity contribution < 1.29 is 0 Å². The van der Waals surface area contributed by atoms with Gasteiger partial charge in [0.25, 0.3) is 0 Å². The summed E-state index contributed by atoms with van der Waals surface area (Å²) >= 11 is 0. The number of hydrogen-bond acceptors (Lipinski definition) is 1. The van der Waals surface area contributed by atoms with Crippen LogP contribution >= 0.6 is 0 Å². The van der Waals surface area contributed by atoms with Crippen LogP contribution in [-0.4, -0.2) is 10.1 Å². The van der Waals surface area contributed by atoms with Gasteiger partial charge in [-0.2, -0.15) is 0 Å². The number of nitrogens with zero attached hydrogens (tertiary/aromatic N) is 1. The molecule has 2 nitrogen and oxygen atoms in total. The van der Waals surface area contributed by atoms with Crippen molar-refractivity contribution in [2.45, 2.75) is 52.7 Å². The molecule has 1 N–H and O–H groups in total. The van der Waals surface area contributed by atoms with Crippen molar-refractivity contribution in [3.8, 4) is 0 Å². The average molecular weight is 270 g/mol. The molecule has 1 aromatic heterocycles. The van der Waals surface area contributed by atoms with E-state index in [4.69, 9.17) is 0 Å². The third-order valence-electron chi connectivity index (χ3n) is 3.44. The number of aryl methyl sites for hydroxylation is 1. The molecule has 0 aliphatic carbocycles. The van der Waals surface area contributed by atoms with Crippen molar-refractivity contribution >= 4 is 10.9 Å². The van der Waals surface area contributed by atoms with Gasteiger partial charge in [-0.3, -0.25) is 0 Å². The Labute approximate surface area is 122 Å². The first kappa shape index (κ1) is 14.9. The lowest BCUT2D eigenvalue weighted by Gasteiger charge is -2.20. The molecule has 0 aliphatic rings. The lowest BCUT2D eigenvalue weighted by Crippen LogP contribution is -2.35. The fourth-order valence-electron chi connectivity index (χ4n) is 2.21. The monoisotopic (exact) mass is 270 g/mol. The number of fused-ring (bicyclic) bond motifs is 1. The van der Waals surface area contributed by atoms with Crippen LogP contribution in [0.4, 0.5) is 0 Å². The second kappa shape index (κ2) is 5.84. The summed E-state index contributed by atoms with van der Waals surface area (Å²) in [5.41, 5.74) is 4.04. The second-order valence-corrected chi connectivity index (χ2v) is 6.71. The molecule has 0 saturated heterocycles. The van der Waals surface area contributed by atoms with Crippen LogP contribution in [0.5, 0.6) is 0 Å². The van der Waals surface area contributed by atoms with Crippen molar-refractivity contribution in [3.05, 3.63) is 48.2 Å². The number of rotatable bonds is 5. The number of hydrogen-bond donors (Lipinski definition) is 1. The molecule has 0 amide bonds. The van der Waals surface area contributed by atoms with Gasteiger partial charge in [0.2, 0.25) is 0 Å². The number of allylic oxidation sites excluding steroid dienone is 1. The van der Waals surface area contributed by atoms with E-state index in [1.54, 1.807) is 0 Å². The molecule has 0 radical (unpaired) electrons. The maximum Gasteiger partial charge on any atom is 0.0483 e. The van der Waals surface area contributed by atoms with Crippen molar-refractivity contribution in [2.24, 2.45) is 0 Å². The SMILES string of the molecule is C=C(C)CCn1ccc2ccc(CNC(C)(C)C)cc21. The van der Waals surface area contributed by atoms with E-state index < -0.39 is 0 Å². The van der Waals surface area contributed by atoms with Gasteiger partial charge in [-0.1, -0.05) is 17.7 Å². The molecule has 0 unspecified atom stereocenters. The Morgan fingerprint density at radius 3 is 2.65 bits per heavy atom. The normalized spacial score (nSPS) is 12.0. The highest BCUT2D eigenvalue weighted by Gasteiger charge is 2.09. The van der Waals surface area contributed by atoms with Crippen LogP contribution in [-0.2, 0) is 13.1 Å². The van der Waals surface area contributed by atoms with Gasteiger partial charge >= 0.3 is 0 Å². The van der Waals surface area contributed by atoms with Gasteiger partial charge in [-0.05, 0) is 57.2 Å². The summed E-state index contributed by atoms with van der Waals surface area (Å²) in [7, 11) is 0. The van der Waals surface area contributed by atoms with Crippen molar-refractivity contribution in [3.63, 3.8) is 0 Å². The summed E-state index contributed by atoms with van der Waals surface area (Å²) in [6.07, 6.45) is 3.21. The van der Waals surface area contributed by atoms with Crippen molar-refractivity contribution in [2.75, 3.05) is 0 Å². The molecule has 1 heterocycles. The lowest BCUT2D eigenvalue weighted by atomic mass is 10.1. The van der Waals surface area contributed by atoms with Gasteiger partial charge < -0.3 is 9.88 Å². The summed E-state index contributed by atoms with van der Waals surface area (Å²) in [5.74, 6) is 0. The van der Waals surface area contributed by atoms with Gasteiger partial charge in [-0.15, -0.1) is 6.58 Å². The van der Waals surface area contributed by atoms with Gasteiger partial charge in [0.1, 0.15) is 0 Å². The first-order chi connectivity index (χ1) is 9.35. The zero-order chi connectivity index (χ0) is 14.8. The Morgan fingerprint density at radius 1 is 1.25 bits per heavy atom. The topological polar surface area (TPSA) is 17.0 Å². The van der Waals surface area contributed by atoms with Crippen molar-refractivity contribution in [1.29, 1.82) is 0 Å². The Kier molecular flexibility index (Phi) is 4.34. The van der Waals surface area contributed by atoms with E-state index >= 15 is 0 Å². The minimum Gasteiger partial charge on any atom is -0.347 e. The highest BCUT2D eigenvalue weighted by molar-refractivity contribution is 5.80. The van der Waals surface area contributed by atoms with E-state index in [0.29, 0.717) is 0 Å². The molecule has 0 spiro atoms. The van der Waals surface area contributed by atoms with E-state index in [1.807, 2.05) is 0 Å². The quantitative estimate of drug-likeness (QED) is 0.792. The first-order valence-electron chi connectivity index (χ1n) is 7.32. The molecule has 0 bridgehead atoms. The first-order valence-corrected chi connectivity index (χ1v) is 7.32. The van der Waals surface area contributed by atoms with Gasteiger partial charge in [-0.25, -0.2) is 0 Å². The predicted molar refractivity (Wildman–Crippen MR) is 88.0 cm³/mol. The molecule has 2 aromatic rings. The van der Waals surface area contributed by atoms with E-state index in [9.17, 15) is 0 Å². The van der Waals surface area contributed by atoms with Crippen LogP contribution in [0.1, 0.15) is 39.7 Å². The predicted octanol–water partition coefficient (Wildman–Crippen LogP) is 4.50. The smallest absolute Gasteiger partial charge is 0.0483 e.